The summed E-state index contributed by atoms with van der Waals surface area (Å²) >= 11 is 0. The third-order valence-electron chi connectivity index (χ3n) is 4.83. The van der Waals surface area contributed by atoms with E-state index in [9.17, 15) is 4.79 Å². The number of nitrogens with zero attached hydrogens (tertiary/aromatic N) is 1. The fraction of sp³-hybridized carbons (Fsp3) is 0.941. The molecule has 1 saturated heterocycles. The Kier molecular flexibility index (Phi) is 5.31. The van der Waals surface area contributed by atoms with Crippen molar-refractivity contribution in [2.24, 2.45) is 17.3 Å². The predicted molar refractivity (Wildman–Crippen MR) is 85.4 cm³/mol. The molecule has 0 amide bonds. The molecule has 2 N–H and O–H groups in total. The number of hydrogen-bond acceptors (Lipinski definition) is 3. The van der Waals surface area contributed by atoms with E-state index in [2.05, 4.69) is 37.9 Å². The van der Waals surface area contributed by atoms with Crippen LogP contribution in [0.3, 0.4) is 0 Å². The Bertz CT molecular complexity index is 360. The van der Waals surface area contributed by atoms with E-state index in [4.69, 9.17) is 5.11 Å². The fourth-order valence-electron chi connectivity index (χ4n) is 3.44. The highest BCUT2D eigenvalue weighted by molar-refractivity contribution is 5.67. The minimum Gasteiger partial charge on any atom is -0.481 e. The van der Waals surface area contributed by atoms with Gasteiger partial charge in [0.15, 0.2) is 0 Å². The van der Waals surface area contributed by atoms with Crippen molar-refractivity contribution < 1.29 is 9.90 Å². The minimum atomic E-state index is -0.657. The zero-order chi connectivity index (χ0) is 15.6. The molecule has 1 saturated carbocycles. The van der Waals surface area contributed by atoms with E-state index in [0.717, 1.165) is 32.0 Å². The van der Waals surface area contributed by atoms with Crippen LogP contribution < -0.4 is 5.32 Å². The Hall–Kier alpha value is -0.610. The van der Waals surface area contributed by atoms with Gasteiger partial charge in [0.1, 0.15) is 0 Å². The Morgan fingerprint density at radius 3 is 2.52 bits per heavy atom. The van der Waals surface area contributed by atoms with Crippen molar-refractivity contribution in [2.45, 2.75) is 65.5 Å². The molecule has 2 aliphatic rings. The Morgan fingerprint density at radius 1 is 1.33 bits per heavy atom. The van der Waals surface area contributed by atoms with Crippen molar-refractivity contribution in [2.75, 3.05) is 19.6 Å². The first-order chi connectivity index (χ1) is 9.74. The molecule has 0 bridgehead atoms. The normalized spacial score (nSPS) is 29.3. The molecular weight excluding hydrogens is 264 g/mol. The summed E-state index contributed by atoms with van der Waals surface area (Å²) in [6, 6.07) is 1.05. The second-order valence-corrected chi connectivity index (χ2v) is 8.37. The van der Waals surface area contributed by atoms with E-state index in [1.54, 1.807) is 0 Å². The lowest BCUT2D eigenvalue weighted by molar-refractivity contribution is -0.138. The molecule has 0 aromatic rings. The van der Waals surface area contributed by atoms with Crippen LogP contribution in [0.4, 0.5) is 0 Å². The van der Waals surface area contributed by atoms with Crippen LogP contribution in [0.5, 0.6) is 0 Å². The first kappa shape index (κ1) is 16.8. The number of hydrogen-bond donors (Lipinski definition) is 2. The lowest BCUT2D eigenvalue weighted by atomic mass is 9.89. The van der Waals surface area contributed by atoms with E-state index in [0.29, 0.717) is 18.5 Å². The summed E-state index contributed by atoms with van der Waals surface area (Å²) in [7, 11) is 0. The Labute approximate surface area is 129 Å². The smallest absolute Gasteiger partial charge is 0.303 e. The number of likely N-dealkylation sites (tertiary alicyclic amines) is 1. The lowest BCUT2D eigenvalue weighted by Gasteiger charge is -2.42. The van der Waals surface area contributed by atoms with Crippen LogP contribution >= 0.6 is 0 Å². The maximum absolute atomic E-state index is 11.1. The molecule has 3 atom stereocenters. The van der Waals surface area contributed by atoms with Crippen molar-refractivity contribution in [3.63, 3.8) is 0 Å². The van der Waals surface area contributed by atoms with Crippen LogP contribution in [0.25, 0.3) is 0 Å². The first-order valence-electron chi connectivity index (χ1n) is 8.44. The zero-order valence-electron chi connectivity index (χ0n) is 14.1. The van der Waals surface area contributed by atoms with Crippen LogP contribution in [-0.4, -0.2) is 47.7 Å². The molecule has 1 heterocycles. The molecule has 0 spiro atoms. The van der Waals surface area contributed by atoms with Crippen LogP contribution in [0, 0.1) is 17.3 Å². The van der Waals surface area contributed by atoms with E-state index >= 15 is 0 Å². The lowest BCUT2D eigenvalue weighted by Crippen LogP contribution is -2.53. The van der Waals surface area contributed by atoms with Gasteiger partial charge in [-0.25, -0.2) is 0 Å². The zero-order valence-corrected chi connectivity index (χ0v) is 14.1. The van der Waals surface area contributed by atoms with Gasteiger partial charge in [-0.05, 0) is 43.4 Å². The van der Waals surface area contributed by atoms with Gasteiger partial charge in [-0.15, -0.1) is 0 Å². The molecule has 0 aromatic carbocycles. The average molecular weight is 296 g/mol. The van der Waals surface area contributed by atoms with Crippen molar-refractivity contribution in [1.29, 1.82) is 0 Å². The topological polar surface area (TPSA) is 52.6 Å². The van der Waals surface area contributed by atoms with Gasteiger partial charge in [-0.3, -0.25) is 9.69 Å². The summed E-state index contributed by atoms with van der Waals surface area (Å²) in [5.41, 5.74) is 0.271. The SMILES string of the molecule is CC(C1CC1)N1CC(CC(=O)O)CC(NCC(C)(C)C)C1. The molecule has 4 heteroatoms. The van der Waals surface area contributed by atoms with Gasteiger partial charge in [0.25, 0.3) is 0 Å². The number of nitrogens with one attached hydrogen (secondary N) is 1. The number of rotatable bonds is 6. The summed E-state index contributed by atoms with van der Waals surface area (Å²) in [6.07, 6.45) is 4.00. The van der Waals surface area contributed by atoms with E-state index in [1.165, 1.54) is 12.8 Å². The van der Waals surface area contributed by atoms with Gasteiger partial charge in [0, 0.05) is 38.1 Å². The molecule has 2 fully saturated rings. The van der Waals surface area contributed by atoms with Gasteiger partial charge in [-0.2, -0.15) is 0 Å². The predicted octanol–water partition coefficient (Wildman–Crippen LogP) is 2.59. The molecule has 0 aromatic heterocycles. The molecule has 2 rings (SSSR count). The second-order valence-electron chi connectivity index (χ2n) is 8.37. The molecule has 1 aliphatic heterocycles. The van der Waals surface area contributed by atoms with E-state index in [-0.39, 0.29) is 11.3 Å². The van der Waals surface area contributed by atoms with Gasteiger partial charge in [0.05, 0.1) is 0 Å². The second kappa shape index (κ2) is 6.66. The summed E-state index contributed by atoms with van der Waals surface area (Å²) in [5, 5.41) is 12.8. The molecule has 122 valence electrons. The minimum absolute atomic E-state index is 0.271. The van der Waals surface area contributed by atoms with Crippen LogP contribution in [0.15, 0.2) is 0 Å². The Morgan fingerprint density at radius 2 is 2.00 bits per heavy atom. The number of piperidine rings is 1. The summed E-state index contributed by atoms with van der Waals surface area (Å²) in [6.45, 7) is 12.1. The fourth-order valence-corrected chi connectivity index (χ4v) is 3.44. The van der Waals surface area contributed by atoms with Gasteiger partial charge >= 0.3 is 5.97 Å². The average Bonchev–Trinajstić information content (AvgIpc) is 3.17. The maximum Gasteiger partial charge on any atom is 0.303 e. The molecule has 0 radical (unpaired) electrons. The third-order valence-corrected chi connectivity index (χ3v) is 4.83. The van der Waals surface area contributed by atoms with Crippen molar-refractivity contribution >= 4 is 5.97 Å². The van der Waals surface area contributed by atoms with Crippen molar-refractivity contribution in [3.05, 3.63) is 0 Å². The third kappa shape index (κ3) is 5.59. The first-order valence-corrected chi connectivity index (χ1v) is 8.44. The van der Waals surface area contributed by atoms with Gasteiger partial charge in [-0.1, -0.05) is 20.8 Å². The quantitative estimate of drug-likeness (QED) is 0.791. The summed E-state index contributed by atoms with van der Waals surface area (Å²) in [5.74, 6) is 0.474. The molecule has 1 aliphatic carbocycles. The van der Waals surface area contributed by atoms with Crippen LogP contribution in [0.1, 0.15) is 53.4 Å². The molecule has 21 heavy (non-hydrogen) atoms. The molecular formula is C17H32N2O2. The summed E-state index contributed by atoms with van der Waals surface area (Å²) < 4.78 is 0. The largest absolute Gasteiger partial charge is 0.481 e. The van der Waals surface area contributed by atoms with Gasteiger partial charge < -0.3 is 10.4 Å². The highest BCUT2D eigenvalue weighted by Crippen LogP contribution is 2.37. The number of aliphatic carboxylic acids is 1. The molecule has 3 unspecified atom stereocenters. The number of carboxylic acids is 1. The highest BCUT2D eigenvalue weighted by Gasteiger charge is 2.37. The Balaban J connectivity index is 1.93. The van der Waals surface area contributed by atoms with Crippen molar-refractivity contribution in [3.8, 4) is 0 Å². The number of carboxylic acid groups (broad SMARTS) is 1. The molecule has 4 nitrogen and oxygen atoms in total. The van der Waals surface area contributed by atoms with Crippen molar-refractivity contribution in [1.82, 2.24) is 10.2 Å². The number of carbonyl (C=O) groups is 1. The van der Waals surface area contributed by atoms with E-state index in [1.807, 2.05) is 0 Å². The van der Waals surface area contributed by atoms with Crippen LogP contribution in [0.2, 0.25) is 0 Å². The standard InChI is InChI=1S/C17H32N2O2/c1-12(14-5-6-14)19-9-13(8-16(20)21)7-15(10-19)18-11-17(2,3)4/h12-15,18H,5-11H2,1-4H3,(H,20,21). The van der Waals surface area contributed by atoms with Gasteiger partial charge in [0.2, 0.25) is 0 Å². The monoisotopic (exact) mass is 296 g/mol. The van der Waals surface area contributed by atoms with E-state index < -0.39 is 5.97 Å². The highest BCUT2D eigenvalue weighted by atomic mass is 16.4. The van der Waals surface area contributed by atoms with Crippen LogP contribution in [-0.2, 0) is 4.79 Å². The maximum atomic E-state index is 11.1. The summed E-state index contributed by atoms with van der Waals surface area (Å²) in [4.78, 5) is 13.6.